The van der Waals surface area contributed by atoms with Gasteiger partial charge < -0.3 is 25.4 Å². The first-order chi connectivity index (χ1) is 14.0. The van der Waals surface area contributed by atoms with Gasteiger partial charge in [-0.25, -0.2) is 4.79 Å². The largest absolute Gasteiger partial charge is 0.494 e. The fraction of sp³-hybridized carbons (Fsp3) is 0.273. The number of ether oxygens (including phenoxy) is 2. The molecule has 0 aliphatic carbocycles. The fourth-order valence-corrected chi connectivity index (χ4v) is 3.21. The van der Waals surface area contributed by atoms with E-state index in [0.717, 1.165) is 11.3 Å². The van der Waals surface area contributed by atoms with Gasteiger partial charge in [0, 0.05) is 5.70 Å². The van der Waals surface area contributed by atoms with E-state index in [0.29, 0.717) is 35.9 Å². The summed E-state index contributed by atoms with van der Waals surface area (Å²) in [6.45, 7) is 6.56. The Morgan fingerprint density at radius 3 is 2.41 bits per heavy atom. The number of carbonyl (C=O) groups is 2. The average molecular weight is 395 g/mol. The third-order valence-electron chi connectivity index (χ3n) is 4.47. The quantitative estimate of drug-likeness (QED) is 0.666. The van der Waals surface area contributed by atoms with Gasteiger partial charge in [0.1, 0.15) is 11.5 Å². The van der Waals surface area contributed by atoms with Crippen molar-refractivity contribution >= 4 is 17.6 Å². The van der Waals surface area contributed by atoms with Crippen LogP contribution in [0.15, 0.2) is 59.8 Å². The number of allylic oxidation sites excluding steroid dienone is 1. The Balaban J connectivity index is 1.90. The van der Waals surface area contributed by atoms with Gasteiger partial charge in [0.2, 0.25) is 0 Å². The van der Waals surface area contributed by atoms with Gasteiger partial charge in [-0.3, -0.25) is 4.79 Å². The minimum atomic E-state index is -0.585. The molecule has 7 nitrogen and oxygen atoms in total. The molecule has 0 bridgehead atoms. The van der Waals surface area contributed by atoms with Crippen molar-refractivity contribution in [2.24, 2.45) is 0 Å². The molecule has 1 unspecified atom stereocenters. The van der Waals surface area contributed by atoms with Crippen LogP contribution in [0.1, 0.15) is 32.4 Å². The number of para-hydroxylation sites is 2. The molecule has 0 saturated carbocycles. The molecule has 2 aromatic carbocycles. The lowest BCUT2D eigenvalue weighted by Gasteiger charge is -2.29. The molecule has 1 aliphatic rings. The molecule has 3 rings (SSSR count). The second kappa shape index (κ2) is 9.14. The molecule has 152 valence electrons. The zero-order valence-corrected chi connectivity index (χ0v) is 16.7. The molecular weight excluding hydrogens is 370 g/mol. The Hall–Kier alpha value is -3.48. The Kier molecular flexibility index (Phi) is 6.39. The number of urea groups is 1. The van der Waals surface area contributed by atoms with Crippen LogP contribution in [0.4, 0.5) is 10.5 Å². The molecule has 1 atom stereocenters. The second-order valence-electron chi connectivity index (χ2n) is 6.46. The third-order valence-corrected chi connectivity index (χ3v) is 4.47. The minimum Gasteiger partial charge on any atom is -0.494 e. The summed E-state index contributed by atoms with van der Waals surface area (Å²) in [6, 6.07) is 13.6. The number of hydrogen-bond donors (Lipinski definition) is 3. The normalized spacial score (nSPS) is 16.0. The summed E-state index contributed by atoms with van der Waals surface area (Å²) in [5, 5.41) is 8.41. The van der Waals surface area contributed by atoms with E-state index in [9.17, 15) is 9.59 Å². The summed E-state index contributed by atoms with van der Waals surface area (Å²) in [6.07, 6.45) is 0. The average Bonchev–Trinajstić information content (AvgIpc) is 2.70. The van der Waals surface area contributed by atoms with Crippen LogP contribution in [0.25, 0.3) is 0 Å². The molecule has 3 amide bonds. The van der Waals surface area contributed by atoms with E-state index in [1.807, 2.05) is 50.2 Å². The molecule has 0 fully saturated rings. The van der Waals surface area contributed by atoms with E-state index in [2.05, 4.69) is 16.0 Å². The van der Waals surface area contributed by atoms with Crippen molar-refractivity contribution in [1.29, 1.82) is 0 Å². The highest BCUT2D eigenvalue weighted by molar-refractivity contribution is 6.07. The number of rotatable bonds is 7. The molecule has 7 heteroatoms. The summed E-state index contributed by atoms with van der Waals surface area (Å²) in [5.74, 6) is 1.00. The predicted molar refractivity (Wildman–Crippen MR) is 111 cm³/mol. The topological polar surface area (TPSA) is 88.7 Å². The van der Waals surface area contributed by atoms with Crippen molar-refractivity contribution in [1.82, 2.24) is 10.6 Å². The number of hydrogen-bond acceptors (Lipinski definition) is 4. The van der Waals surface area contributed by atoms with Crippen molar-refractivity contribution in [2.75, 3.05) is 18.5 Å². The highest BCUT2D eigenvalue weighted by Gasteiger charge is 2.31. The Labute approximate surface area is 170 Å². The zero-order valence-electron chi connectivity index (χ0n) is 16.7. The molecule has 2 aromatic rings. The highest BCUT2D eigenvalue weighted by Crippen LogP contribution is 2.30. The van der Waals surface area contributed by atoms with E-state index in [-0.39, 0.29) is 11.9 Å². The Bertz CT molecular complexity index is 922. The molecule has 0 aromatic heterocycles. The minimum absolute atomic E-state index is 0.318. The molecule has 0 spiro atoms. The van der Waals surface area contributed by atoms with Crippen LogP contribution in [0.5, 0.6) is 11.5 Å². The lowest BCUT2D eigenvalue weighted by atomic mass is 9.94. The highest BCUT2D eigenvalue weighted by atomic mass is 16.5. The fourth-order valence-electron chi connectivity index (χ4n) is 3.21. The van der Waals surface area contributed by atoms with Gasteiger partial charge in [0.15, 0.2) is 0 Å². The smallest absolute Gasteiger partial charge is 0.319 e. The Morgan fingerprint density at radius 1 is 1.03 bits per heavy atom. The van der Waals surface area contributed by atoms with Crippen LogP contribution < -0.4 is 25.4 Å². The van der Waals surface area contributed by atoms with Crippen molar-refractivity contribution in [3.63, 3.8) is 0 Å². The first-order valence-electron chi connectivity index (χ1n) is 9.57. The van der Waals surface area contributed by atoms with E-state index in [1.54, 1.807) is 19.1 Å². The van der Waals surface area contributed by atoms with Gasteiger partial charge >= 0.3 is 6.03 Å². The van der Waals surface area contributed by atoms with E-state index in [4.69, 9.17) is 9.47 Å². The van der Waals surface area contributed by atoms with Gasteiger partial charge in [-0.2, -0.15) is 0 Å². The lowest BCUT2D eigenvalue weighted by molar-refractivity contribution is -0.113. The molecule has 1 aliphatic heterocycles. The van der Waals surface area contributed by atoms with Crippen LogP contribution in [-0.2, 0) is 4.79 Å². The molecular formula is C22H25N3O4. The monoisotopic (exact) mass is 395 g/mol. The summed E-state index contributed by atoms with van der Waals surface area (Å²) >= 11 is 0. The summed E-state index contributed by atoms with van der Waals surface area (Å²) in [7, 11) is 0. The van der Waals surface area contributed by atoms with Crippen molar-refractivity contribution in [3.8, 4) is 11.5 Å². The van der Waals surface area contributed by atoms with Crippen LogP contribution >= 0.6 is 0 Å². The Morgan fingerprint density at radius 2 is 1.72 bits per heavy atom. The lowest BCUT2D eigenvalue weighted by Crippen LogP contribution is -2.45. The number of amides is 3. The molecule has 3 N–H and O–H groups in total. The summed E-state index contributed by atoms with van der Waals surface area (Å²) in [5.41, 5.74) is 2.28. The molecule has 0 saturated heterocycles. The predicted octanol–water partition coefficient (Wildman–Crippen LogP) is 3.75. The van der Waals surface area contributed by atoms with E-state index < -0.39 is 6.04 Å². The van der Waals surface area contributed by atoms with Crippen molar-refractivity contribution in [3.05, 3.63) is 65.4 Å². The maximum atomic E-state index is 13.2. The first-order valence-corrected chi connectivity index (χ1v) is 9.57. The zero-order chi connectivity index (χ0) is 20.8. The maximum Gasteiger partial charge on any atom is 0.319 e. The molecule has 29 heavy (non-hydrogen) atoms. The van der Waals surface area contributed by atoms with Gasteiger partial charge in [0.05, 0.1) is 30.5 Å². The second-order valence-corrected chi connectivity index (χ2v) is 6.46. The van der Waals surface area contributed by atoms with Crippen LogP contribution in [0.3, 0.4) is 0 Å². The summed E-state index contributed by atoms with van der Waals surface area (Å²) < 4.78 is 11.1. The van der Waals surface area contributed by atoms with Gasteiger partial charge in [0.25, 0.3) is 5.91 Å². The number of carbonyl (C=O) groups excluding carboxylic acids is 2. The van der Waals surface area contributed by atoms with Gasteiger partial charge in [-0.15, -0.1) is 0 Å². The van der Waals surface area contributed by atoms with E-state index >= 15 is 0 Å². The van der Waals surface area contributed by atoms with Crippen molar-refractivity contribution in [2.45, 2.75) is 26.8 Å². The molecule has 1 heterocycles. The number of nitrogens with one attached hydrogen (secondary N) is 3. The number of benzene rings is 2. The van der Waals surface area contributed by atoms with Crippen LogP contribution in [0, 0.1) is 0 Å². The third kappa shape index (κ3) is 4.68. The standard InChI is InChI=1S/C22H25N3O4/c1-4-28-16-12-10-15(11-13-16)20-19(14(3)23-22(27)25-20)21(26)24-17-8-6-7-9-18(17)29-5-2/h6-13,20H,4-5H2,1-3H3,(H,24,26)(H2,23,25,27). The summed E-state index contributed by atoms with van der Waals surface area (Å²) in [4.78, 5) is 25.2. The van der Waals surface area contributed by atoms with Crippen molar-refractivity contribution < 1.29 is 19.1 Å². The van der Waals surface area contributed by atoms with E-state index in [1.165, 1.54) is 0 Å². The maximum absolute atomic E-state index is 13.2. The first kappa shape index (κ1) is 20.3. The van der Waals surface area contributed by atoms with Crippen LogP contribution in [0.2, 0.25) is 0 Å². The van der Waals surface area contributed by atoms with Crippen LogP contribution in [-0.4, -0.2) is 25.2 Å². The van der Waals surface area contributed by atoms with Gasteiger partial charge in [-0.1, -0.05) is 24.3 Å². The van der Waals surface area contributed by atoms with Gasteiger partial charge in [-0.05, 0) is 50.6 Å². The number of anilines is 1. The molecule has 0 radical (unpaired) electrons. The SMILES string of the molecule is CCOc1ccc(C2NC(=O)NC(C)=C2C(=O)Nc2ccccc2OCC)cc1.